The highest BCUT2D eigenvalue weighted by Crippen LogP contribution is 2.34. The minimum absolute atomic E-state index is 0.241. The van der Waals surface area contributed by atoms with Gasteiger partial charge in [-0.1, -0.05) is 0 Å². The zero-order valence-electron chi connectivity index (χ0n) is 13.8. The Kier molecular flexibility index (Phi) is 3.76. The molecular weight excluding hydrogens is 320 g/mol. The van der Waals surface area contributed by atoms with Crippen molar-refractivity contribution in [2.24, 2.45) is 11.7 Å². The van der Waals surface area contributed by atoms with Crippen LogP contribution >= 0.6 is 0 Å². The van der Waals surface area contributed by atoms with Gasteiger partial charge in [0.15, 0.2) is 0 Å². The summed E-state index contributed by atoms with van der Waals surface area (Å²) in [6.45, 7) is 1.23. The van der Waals surface area contributed by atoms with E-state index in [0.717, 1.165) is 34.4 Å². The zero-order valence-corrected chi connectivity index (χ0v) is 13.8. The molecule has 1 aliphatic heterocycles. The van der Waals surface area contributed by atoms with Crippen molar-refractivity contribution in [1.82, 2.24) is 14.8 Å². The number of benzene rings is 1. The Bertz CT molecular complexity index is 945. The van der Waals surface area contributed by atoms with Gasteiger partial charge >= 0.3 is 0 Å². The molecule has 0 fully saturated rings. The molecule has 7 nitrogen and oxygen atoms in total. The van der Waals surface area contributed by atoms with Crippen LogP contribution in [-0.2, 0) is 13.0 Å². The average Bonchev–Trinajstić information content (AvgIpc) is 3.10. The molecule has 0 saturated carbocycles. The molecule has 1 aromatic carbocycles. The minimum Gasteiger partial charge on any atom is -0.497 e. The van der Waals surface area contributed by atoms with Crippen LogP contribution < -0.4 is 15.2 Å². The number of amides is 1. The Balaban J connectivity index is 1.62. The van der Waals surface area contributed by atoms with E-state index in [9.17, 15) is 4.79 Å². The summed E-state index contributed by atoms with van der Waals surface area (Å²) in [4.78, 5) is 15.6. The normalized spacial score (nSPS) is 16.3. The number of nitrogens with two attached hydrogens (primary N) is 1. The Morgan fingerprint density at radius 3 is 3.08 bits per heavy atom. The largest absolute Gasteiger partial charge is 0.497 e. The lowest BCUT2D eigenvalue weighted by atomic mass is 9.94. The van der Waals surface area contributed by atoms with Gasteiger partial charge in [0, 0.05) is 29.6 Å². The summed E-state index contributed by atoms with van der Waals surface area (Å²) >= 11 is 0. The molecule has 128 valence electrons. The quantitative estimate of drug-likeness (QED) is 0.783. The molecule has 7 heteroatoms. The number of aromatic nitrogens is 3. The zero-order chi connectivity index (χ0) is 17.4. The van der Waals surface area contributed by atoms with E-state index < -0.39 is 5.91 Å². The molecule has 0 spiro atoms. The van der Waals surface area contributed by atoms with E-state index in [-0.39, 0.29) is 11.6 Å². The van der Waals surface area contributed by atoms with Crippen molar-refractivity contribution in [2.45, 2.75) is 13.0 Å². The number of carbonyl (C=O) groups is 1. The molecule has 3 heterocycles. The van der Waals surface area contributed by atoms with Crippen molar-refractivity contribution >= 4 is 16.8 Å². The molecule has 1 aliphatic rings. The summed E-state index contributed by atoms with van der Waals surface area (Å²) in [5.41, 5.74) is 7.57. The fraction of sp³-hybridized carbons (Fsp3) is 0.278. The summed E-state index contributed by atoms with van der Waals surface area (Å²) < 4.78 is 13.0. The van der Waals surface area contributed by atoms with Crippen molar-refractivity contribution in [2.75, 3.05) is 13.7 Å². The van der Waals surface area contributed by atoms with Crippen LogP contribution in [0.25, 0.3) is 10.9 Å². The molecule has 25 heavy (non-hydrogen) atoms. The van der Waals surface area contributed by atoms with Gasteiger partial charge in [-0.15, -0.1) is 0 Å². The van der Waals surface area contributed by atoms with E-state index in [0.29, 0.717) is 13.2 Å². The van der Waals surface area contributed by atoms with Crippen LogP contribution in [0.15, 0.2) is 36.7 Å². The molecule has 0 bridgehead atoms. The van der Waals surface area contributed by atoms with Crippen LogP contribution in [0.1, 0.15) is 16.1 Å². The summed E-state index contributed by atoms with van der Waals surface area (Å²) in [6, 6.07) is 7.47. The van der Waals surface area contributed by atoms with Crippen LogP contribution in [0.4, 0.5) is 0 Å². The van der Waals surface area contributed by atoms with Crippen molar-refractivity contribution in [3.05, 3.63) is 47.9 Å². The van der Waals surface area contributed by atoms with E-state index in [1.807, 2.05) is 18.2 Å². The number of primary amides is 1. The van der Waals surface area contributed by atoms with Gasteiger partial charge in [0.05, 0.1) is 25.4 Å². The maximum absolute atomic E-state index is 11.2. The van der Waals surface area contributed by atoms with Crippen molar-refractivity contribution < 1.29 is 14.3 Å². The topological polar surface area (TPSA) is 92.3 Å². The van der Waals surface area contributed by atoms with Crippen LogP contribution in [-0.4, -0.2) is 34.4 Å². The Morgan fingerprint density at radius 2 is 2.32 bits per heavy atom. The van der Waals surface area contributed by atoms with Gasteiger partial charge in [0.25, 0.3) is 5.91 Å². The summed E-state index contributed by atoms with van der Waals surface area (Å²) in [6.07, 6.45) is 4.38. The predicted octanol–water partition coefficient (Wildman–Crippen LogP) is 1.79. The molecule has 2 aromatic heterocycles. The summed E-state index contributed by atoms with van der Waals surface area (Å²) in [5.74, 6) is 1.33. The third kappa shape index (κ3) is 2.88. The number of carbonyl (C=O) groups excluding carboxylic acids is 1. The smallest absolute Gasteiger partial charge is 0.269 e. The lowest BCUT2D eigenvalue weighted by molar-refractivity contribution is 0.0994. The monoisotopic (exact) mass is 338 g/mol. The summed E-state index contributed by atoms with van der Waals surface area (Å²) in [7, 11) is 1.65. The minimum atomic E-state index is -0.520. The number of ether oxygens (including phenoxy) is 2. The van der Waals surface area contributed by atoms with Gasteiger partial charge in [-0.2, -0.15) is 5.10 Å². The Hall–Kier alpha value is -3.09. The second-order valence-corrected chi connectivity index (χ2v) is 6.15. The standard InChI is InChI=1S/C18H18N4O3/c1-24-12-2-3-15-13(7-12)14-6-11(10-25-17(14)8-20-15)9-22-5-4-16(21-22)18(19)23/h2-5,7-8,11H,6,9-10H2,1H3,(H2,19,23). The van der Waals surface area contributed by atoms with Gasteiger partial charge < -0.3 is 15.2 Å². The number of pyridine rings is 1. The summed E-state index contributed by atoms with van der Waals surface area (Å²) in [5, 5.41) is 5.25. The predicted molar refractivity (Wildman–Crippen MR) is 91.7 cm³/mol. The number of rotatable bonds is 4. The third-order valence-corrected chi connectivity index (χ3v) is 4.45. The molecule has 2 N–H and O–H groups in total. The highest BCUT2D eigenvalue weighted by Gasteiger charge is 2.23. The van der Waals surface area contributed by atoms with E-state index >= 15 is 0 Å². The second kappa shape index (κ2) is 6.08. The molecule has 1 amide bonds. The maximum atomic E-state index is 11.2. The number of fused-ring (bicyclic) bond motifs is 3. The van der Waals surface area contributed by atoms with E-state index in [2.05, 4.69) is 10.1 Å². The first-order chi connectivity index (χ1) is 12.1. The molecule has 3 aromatic rings. The van der Waals surface area contributed by atoms with Gasteiger partial charge in [0.2, 0.25) is 0 Å². The molecule has 4 rings (SSSR count). The molecule has 1 atom stereocenters. The maximum Gasteiger partial charge on any atom is 0.269 e. The molecular formula is C18H18N4O3. The van der Waals surface area contributed by atoms with Crippen LogP contribution in [0.2, 0.25) is 0 Å². The first kappa shape index (κ1) is 15.4. The third-order valence-electron chi connectivity index (χ3n) is 4.45. The fourth-order valence-corrected chi connectivity index (χ4v) is 3.20. The highest BCUT2D eigenvalue weighted by molar-refractivity contribution is 5.90. The highest BCUT2D eigenvalue weighted by atomic mass is 16.5. The second-order valence-electron chi connectivity index (χ2n) is 6.15. The Morgan fingerprint density at radius 1 is 1.44 bits per heavy atom. The van der Waals surface area contributed by atoms with E-state index in [4.69, 9.17) is 15.2 Å². The van der Waals surface area contributed by atoms with Gasteiger partial charge in [-0.25, -0.2) is 0 Å². The average molecular weight is 338 g/mol. The van der Waals surface area contributed by atoms with Crippen LogP contribution in [0.5, 0.6) is 11.5 Å². The van der Waals surface area contributed by atoms with Crippen LogP contribution in [0.3, 0.4) is 0 Å². The van der Waals surface area contributed by atoms with E-state index in [1.165, 1.54) is 0 Å². The van der Waals surface area contributed by atoms with Crippen molar-refractivity contribution in [1.29, 1.82) is 0 Å². The SMILES string of the molecule is COc1ccc2ncc3c(c2c1)CC(Cn1ccc(C(N)=O)n1)CO3. The van der Waals surface area contributed by atoms with Gasteiger partial charge in [-0.3, -0.25) is 14.5 Å². The number of methoxy groups -OCH3 is 1. The van der Waals surface area contributed by atoms with Crippen LogP contribution in [0, 0.1) is 5.92 Å². The molecule has 0 saturated heterocycles. The van der Waals surface area contributed by atoms with Crippen molar-refractivity contribution in [3.63, 3.8) is 0 Å². The Labute approximate surface area is 144 Å². The molecule has 1 unspecified atom stereocenters. The number of hydrogen-bond donors (Lipinski definition) is 1. The van der Waals surface area contributed by atoms with Gasteiger partial charge in [0.1, 0.15) is 17.2 Å². The number of hydrogen-bond acceptors (Lipinski definition) is 5. The first-order valence-electron chi connectivity index (χ1n) is 8.05. The first-order valence-corrected chi connectivity index (χ1v) is 8.05. The number of nitrogens with zero attached hydrogens (tertiary/aromatic N) is 3. The lowest BCUT2D eigenvalue weighted by Gasteiger charge is -2.26. The van der Waals surface area contributed by atoms with E-state index in [1.54, 1.807) is 30.3 Å². The lowest BCUT2D eigenvalue weighted by Crippen LogP contribution is -2.26. The van der Waals surface area contributed by atoms with Gasteiger partial charge in [-0.05, 0) is 30.7 Å². The van der Waals surface area contributed by atoms with Crippen molar-refractivity contribution in [3.8, 4) is 11.5 Å². The molecule has 0 aliphatic carbocycles. The molecule has 0 radical (unpaired) electrons. The fourth-order valence-electron chi connectivity index (χ4n) is 3.20.